The van der Waals surface area contributed by atoms with Gasteiger partial charge in [-0.25, -0.2) is 0 Å². The SMILES string of the molecule is FC(F)(F)c1cc(-c2cccc(-c3cc(C(F)(F)F)n[n-]3)n2)[n-]n1. The molecule has 0 fully saturated rings. The van der Waals surface area contributed by atoms with Gasteiger partial charge in [0.1, 0.15) is 11.4 Å². The first-order valence-corrected chi connectivity index (χ1v) is 6.27. The topological polar surface area (TPSA) is 66.9 Å². The van der Waals surface area contributed by atoms with Crippen molar-refractivity contribution in [1.29, 1.82) is 0 Å². The average molecular weight is 345 g/mol. The molecule has 3 aromatic rings. The molecule has 0 saturated heterocycles. The largest absolute Gasteiger partial charge is 0.573 e. The van der Waals surface area contributed by atoms with E-state index in [1.807, 2.05) is 0 Å². The first-order chi connectivity index (χ1) is 11.1. The fraction of sp³-hybridized carbons (Fsp3) is 0.154. The zero-order valence-electron chi connectivity index (χ0n) is 11.4. The van der Waals surface area contributed by atoms with Crippen LogP contribution >= 0.6 is 0 Å². The van der Waals surface area contributed by atoms with Gasteiger partial charge in [-0.15, -0.1) is 0 Å². The lowest BCUT2D eigenvalue weighted by Crippen LogP contribution is -2.04. The van der Waals surface area contributed by atoms with Gasteiger partial charge in [0.25, 0.3) is 0 Å². The number of hydrogen-bond donors (Lipinski definition) is 0. The van der Waals surface area contributed by atoms with Crippen LogP contribution in [0, 0.1) is 0 Å². The van der Waals surface area contributed by atoms with Gasteiger partial charge in [0.05, 0.1) is 11.4 Å². The molecule has 5 nitrogen and oxygen atoms in total. The summed E-state index contributed by atoms with van der Waals surface area (Å²) < 4.78 is 75.2. The van der Waals surface area contributed by atoms with Crippen LogP contribution in [-0.2, 0) is 12.4 Å². The molecule has 0 saturated carbocycles. The van der Waals surface area contributed by atoms with Crippen molar-refractivity contribution in [3.8, 4) is 22.8 Å². The molecule has 0 atom stereocenters. The maximum atomic E-state index is 12.5. The molecule has 0 spiro atoms. The van der Waals surface area contributed by atoms with Crippen molar-refractivity contribution < 1.29 is 26.3 Å². The Bertz CT molecular complexity index is 793. The van der Waals surface area contributed by atoms with Gasteiger partial charge in [-0.05, 0) is 24.3 Å². The summed E-state index contributed by atoms with van der Waals surface area (Å²) in [6.07, 6.45) is -9.30. The van der Waals surface area contributed by atoms with E-state index in [9.17, 15) is 26.3 Å². The Labute approximate surface area is 129 Å². The second-order valence-electron chi connectivity index (χ2n) is 4.63. The number of nitrogens with zero attached hydrogens (tertiary/aromatic N) is 5. The van der Waals surface area contributed by atoms with Crippen LogP contribution in [0.4, 0.5) is 26.3 Å². The Kier molecular flexibility index (Phi) is 3.57. The monoisotopic (exact) mass is 345 g/mol. The van der Waals surface area contributed by atoms with Gasteiger partial charge in [0, 0.05) is 0 Å². The summed E-state index contributed by atoms with van der Waals surface area (Å²) >= 11 is 0. The number of aromatic nitrogens is 5. The third-order valence-corrected chi connectivity index (χ3v) is 2.93. The lowest BCUT2D eigenvalue weighted by Gasteiger charge is -2.09. The molecule has 126 valence electrons. The van der Waals surface area contributed by atoms with Crippen LogP contribution in [0.3, 0.4) is 0 Å². The smallest absolute Gasteiger partial charge is 0.431 e. The zero-order valence-corrected chi connectivity index (χ0v) is 11.4. The van der Waals surface area contributed by atoms with Crippen LogP contribution in [0.1, 0.15) is 11.4 Å². The molecule has 0 N–H and O–H groups in total. The van der Waals surface area contributed by atoms with E-state index in [-0.39, 0.29) is 22.8 Å². The summed E-state index contributed by atoms with van der Waals surface area (Å²) in [6, 6.07) is 5.51. The molecule has 3 heterocycles. The molecule has 3 aromatic heterocycles. The van der Waals surface area contributed by atoms with Crippen molar-refractivity contribution in [3.05, 3.63) is 41.7 Å². The Morgan fingerprint density at radius 1 is 0.708 bits per heavy atom. The summed E-state index contributed by atoms with van der Waals surface area (Å²) in [5.41, 5.74) is -2.63. The summed E-state index contributed by atoms with van der Waals surface area (Å²) in [5, 5.41) is 12.8. The molecular formula is C13H5F6N5-2. The minimum absolute atomic E-state index is 0.0204. The lowest BCUT2D eigenvalue weighted by atomic mass is 10.2. The Morgan fingerprint density at radius 3 is 1.46 bits per heavy atom. The van der Waals surface area contributed by atoms with E-state index in [1.165, 1.54) is 18.2 Å². The van der Waals surface area contributed by atoms with Gasteiger partial charge in [0.15, 0.2) is 0 Å². The summed E-state index contributed by atoms with van der Waals surface area (Å²) in [6.45, 7) is 0. The highest BCUT2D eigenvalue weighted by Crippen LogP contribution is 2.31. The Hall–Kier alpha value is -2.85. The fourth-order valence-corrected chi connectivity index (χ4v) is 1.84. The van der Waals surface area contributed by atoms with Crippen LogP contribution in [0.5, 0.6) is 0 Å². The van der Waals surface area contributed by atoms with Crippen molar-refractivity contribution in [1.82, 2.24) is 25.4 Å². The van der Waals surface area contributed by atoms with E-state index in [4.69, 9.17) is 0 Å². The summed E-state index contributed by atoms with van der Waals surface area (Å²) in [4.78, 5) is 3.96. The molecule has 0 radical (unpaired) electrons. The molecular weight excluding hydrogens is 340 g/mol. The molecule has 0 aliphatic carbocycles. The molecule has 0 bridgehead atoms. The minimum atomic E-state index is -4.65. The quantitative estimate of drug-likeness (QED) is 0.668. The Balaban J connectivity index is 1.95. The molecule has 3 rings (SSSR count). The first-order valence-electron chi connectivity index (χ1n) is 6.27. The highest BCUT2D eigenvalue weighted by molar-refractivity contribution is 5.61. The van der Waals surface area contributed by atoms with Crippen LogP contribution in [0.15, 0.2) is 30.3 Å². The minimum Gasteiger partial charge on any atom is -0.573 e. The number of rotatable bonds is 2. The third-order valence-electron chi connectivity index (χ3n) is 2.93. The average Bonchev–Trinajstić information content (AvgIpc) is 3.16. The van der Waals surface area contributed by atoms with Crippen molar-refractivity contribution in [2.75, 3.05) is 0 Å². The standard InChI is InChI=1S/C13H5F6N5/c14-12(15,16)10-4-8(21-23-10)6-2-1-3-7(20-6)9-5-11(24-22-9)13(17,18)19/h1-5H/q-2. The first kappa shape index (κ1) is 16.0. The van der Waals surface area contributed by atoms with E-state index in [0.29, 0.717) is 12.1 Å². The van der Waals surface area contributed by atoms with Crippen LogP contribution in [0.25, 0.3) is 22.8 Å². The number of alkyl halides is 6. The molecule has 24 heavy (non-hydrogen) atoms. The maximum Gasteiger partial charge on any atom is 0.431 e. The van der Waals surface area contributed by atoms with E-state index in [1.54, 1.807) is 0 Å². The lowest BCUT2D eigenvalue weighted by molar-refractivity contribution is -0.142. The number of pyridine rings is 1. The molecule has 11 heteroatoms. The highest BCUT2D eigenvalue weighted by atomic mass is 19.4. The van der Waals surface area contributed by atoms with Crippen molar-refractivity contribution in [2.24, 2.45) is 0 Å². The molecule has 0 aliphatic rings. The van der Waals surface area contributed by atoms with Crippen molar-refractivity contribution in [2.45, 2.75) is 12.4 Å². The normalized spacial score (nSPS) is 12.6. The number of halogens is 6. The van der Waals surface area contributed by atoms with Gasteiger partial charge >= 0.3 is 12.4 Å². The summed E-state index contributed by atoms with van der Waals surface area (Å²) in [5.74, 6) is 0. The van der Waals surface area contributed by atoms with Gasteiger partial charge < -0.3 is 20.4 Å². The molecule has 0 aromatic carbocycles. The number of hydrogen-bond acceptors (Lipinski definition) is 3. The molecule has 0 aliphatic heterocycles. The van der Waals surface area contributed by atoms with Crippen molar-refractivity contribution in [3.63, 3.8) is 0 Å². The molecule has 0 amide bonds. The van der Waals surface area contributed by atoms with E-state index >= 15 is 0 Å². The van der Waals surface area contributed by atoms with Crippen LogP contribution in [0.2, 0.25) is 0 Å². The fourth-order valence-electron chi connectivity index (χ4n) is 1.84. The van der Waals surface area contributed by atoms with Crippen LogP contribution < -0.4 is 10.2 Å². The summed E-state index contributed by atoms with van der Waals surface area (Å²) in [7, 11) is 0. The zero-order chi connectivity index (χ0) is 17.5. The van der Waals surface area contributed by atoms with Gasteiger partial charge in [-0.2, -0.15) is 26.3 Å². The predicted molar refractivity (Wildman–Crippen MR) is 67.3 cm³/mol. The third kappa shape index (κ3) is 3.09. The van der Waals surface area contributed by atoms with Gasteiger partial charge in [-0.1, -0.05) is 17.5 Å². The van der Waals surface area contributed by atoms with Crippen LogP contribution in [-0.4, -0.2) is 15.2 Å². The van der Waals surface area contributed by atoms with E-state index in [0.717, 1.165) is 0 Å². The predicted octanol–water partition coefficient (Wildman–Crippen LogP) is 3.16. The van der Waals surface area contributed by atoms with Gasteiger partial charge in [0.2, 0.25) is 0 Å². The Morgan fingerprint density at radius 2 is 1.12 bits per heavy atom. The van der Waals surface area contributed by atoms with E-state index in [2.05, 4.69) is 25.4 Å². The second kappa shape index (κ2) is 5.35. The maximum absolute atomic E-state index is 12.5. The molecule has 0 unspecified atom stereocenters. The second-order valence-corrected chi connectivity index (χ2v) is 4.63. The van der Waals surface area contributed by atoms with Gasteiger partial charge in [-0.3, -0.25) is 4.98 Å². The van der Waals surface area contributed by atoms with Crippen molar-refractivity contribution >= 4 is 0 Å². The van der Waals surface area contributed by atoms with E-state index < -0.39 is 23.7 Å². The highest BCUT2D eigenvalue weighted by Gasteiger charge is 2.32.